The number of ether oxygens (including phenoxy) is 3. The minimum absolute atomic E-state index is 0.00330. The minimum Gasteiger partial charge on any atom is -0.496 e. The average molecular weight is 648 g/mol. The zero-order valence-electron chi connectivity index (χ0n) is 24.8. The van der Waals surface area contributed by atoms with Gasteiger partial charge in [-0.15, -0.1) is 0 Å². The zero-order valence-corrected chi connectivity index (χ0v) is 26.4. The highest BCUT2D eigenvalue weighted by atomic mass is 35.5. The van der Waals surface area contributed by atoms with Crippen LogP contribution in [-0.4, -0.2) is 29.2 Å². The quantitative estimate of drug-likeness (QED) is 0.116. The Kier molecular flexibility index (Phi) is 9.80. The monoisotopic (exact) mass is 647 g/mol. The van der Waals surface area contributed by atoms with E-state index in [9.17, 15) is 19.7 Å². The third-order valence-corrected chi connectivity index (χ3v) is 8.34. The predicted octanol–water partition coefficient (Wildman–Crippen LogP) is 5.73. The first-order valence-corrected chi connectivity index (χ1v) is 15.5. The van der Waals surface area contributed by atoms with E-state index < -0.39 is 16.9 Å². The lowest BCUT2D eigenvalue weighted by molar-refractivity contribution is -0.384. The summed E-state index contributed by atoms with van der Waals surface area (Å²) in [7, 11) is 1.52. The molecular weight excluding hydrogens is 618 g/mol. The number of allylic oxidation sites excluding steroid dienone is 1. The van der Waals surface area contributed by atoms with E-state index >= 15 is 0 Å². The van der Waals surface area contributed by atoms with Gasteiger partial charge < -0.3 is 14.2 Å². The van der Waals surface area contributed by atoms with E-state index in [4.69, 9.17) is 30.8 Å². The molecule has 2 heterocycles. The second-order valence-electron chi connectivity index (χ2n) is 10.0. The van der Waals surface area contributed by atoms with Crippen LogP contribution in [0.4, 0.5) is 5.69 Å². The number of nitro benzene ring substituents is 1. The second kappa shape index (κ2) is 13.9. The SMILES string of the molecule is CCCC1=C(C(=O)OCC)[C@H](c2cc(Cl)ccc2OC)n2c(s/c(=C/c3ccccc3OCc3ccc([N+](=O)[O-])cc3)c2=O)=N1. The summed E-state index contributed by atoms with van der Waals surface area (Å²) < 4.78 is 19.1. The molecule has 1 aliphatic heterocycles. The molecule has 0 radical (unpaired) electrons. The molecule has 1 aromatic heterocycles. The molecule has 0 aliphatic carbocycles. The summed E-state index contributed by atoms with van der Waals surface area (Å²) in [6, 6.07) is 17.6. The van der Waals surface area contributed by atoms with Gasteiger partial charge in [0.05, 0.1) is 34.4 Å². The summed E-state index contributed by atoms with van der Waals surface area (Å²) in [6.07, 6.45) is 2.95. The number of halogens is 1. The number of fused-ring (bicyclic) bond motifs is 1. The Balaban J connectivity index is 1.63. The molecule has 3 aromatic carbocycles. The zero-order chi connectivity index (χ0) is 32.1. The van der Waals surface area contributed by atoms with Crippen LogP contribution >= 0.6 is 22.9 Å². The van der Waals surface area contributed by atoms with E-state index in [1.165, 1.54) is 35.1 Å². The number of thiazole rings is 1. The van der Waals surface area contributed by atoms with Crippen LogP contribution in [0.25, 0.3) is 6.08 Å². The molecule has 0 unspecified atom stereocenters. The largest absolute Gasteiger partial charge is 0.496 e. The molecule has 232 valence electrons. The van der Waals surface area contributed by atoms with Crippen LogP contribution < -0.4 is 24.4 Å². The normalized spacial score (nSPS) is 14.5. The molecule has 10 nitrogen and oxygen atoms in total. The number of methoxy groups -OCH3 is 1. The van der Waals surface area contributed by atoms with Gasteiger partial charge in [0.2, 0.25) is 0 Å². The Bertz CT molecular complexity index is 1970. The topological polar surface area (TPSA) is 122 Å². The van der Waals surface area contributed by atoms with Crippen LogP contribution in [0.1, 0.15) is 49.4 Å². The van der Waals surface area contributed by atoms with Crippen LogP contribution in [-0.2, 0) is 16.1 Å². The summed E-state index contributed by atoms with van der Waals surface area (Å²) in [4.78, 5) is 43.4. The third kappa shape index (κ3) is 6.69. The third-order valence-electron chi connectivity index (χ3n) is 7.13. The first-order chi connectivity index (χ1) is 21.7. The van der Waals surface area contributed by atoms with Gasteiger partial charge in [0, 0.05) is 28.3 Å². The second-order valence-corrected chi connectivity index (χ2v) is 11.5. The summed E-state index contributed by atoms with van der Waals surface area (Å²) >= 11 is 7.63. The summed E-state index contributed by atoms with van der Waals surface area (Å²) in [5.41, 5.74) is 2.40. The Morgan fingerprint density at radius 3 is 2.56 bits per heavy atom. The van der Waals surface area contributed by atoms with Crippen LogP contribution in [0.5, 0.6) is 11.5 Å². The van der Waals surface area contributed by atoms with E-state index in [2.05, 4.69) is 0 Å². The fourth-order valence-corrected chi connectivity index (χ4v) is 6.27. The number of hydrogen-bond acceptors (Lipinski definition) is 9. The van der Waals surface area contributed by atoms with Crippen LogP contribution in [0.2, 0.25) is 5.02 Å². The highest BCUT2D eigenvalue weighted by molar-refractivity contribution is 7.07. The van der Waals surface area contributed by atoms with Crippen molar-refractivity contribution in [2.45, 2.75) is 39.3 Å². The van der Waals surface area contributed by atoms with Crippen molar-refractivity contribution in [3.63, 3.8) is 0 Å². The highest BCUT2D eigenvalue weighted by Crippen LogP contribution is 2.38. The number of non-ortho nitro benzene ring substituents is 1. The predicted molar refractivity (Wildman–Crippen MR) is 172 cm³/mol. The Hall–Kier alpha value is -4.74. The van der Waals surface area contributed by atoms with E-state index in [1.54, 1.807) is 49.4 Å². The summed E-state index contributed by atoms with van der Waals surface area (Å²) in [5.74, 6) is 0.424. The van der Waals surface area contributed by atoms with Crippen molar-refractivity contribution in [3.8, 4) is 11.5 Å². The molecule has 0 N–H and O–H groups in total. The summed E-state index contributed by atoms with van der Waals surface area (Å²) in [5, 5.41) is 11.4. The smallest absolute Gasteiger partial charge is 0.338 e. The molecule has 45 heavy (non-hydrogen) atoms. The van der Waals surface area contributed by atoms with Gasteiger partial charge in [0.25, 0.3) is 11.2 Å². The van der Waals surface area contributed by atoms with Crippen molar-refractivity contribution in [2.24, 2.45) is 4.99 Å². The lowest BCUT2D eigenvalue weighted by Gasteiger charge is -2.27. The van der Waals surface area contributed by atoms with E-state index in [1.807, 2.05) is 25.1 Å². The maximum absolute atomic E-state index is 14.2. The van der Waals surface area contributed by atoms with Gasteiger partial charge in [-0.1, -0.05) is 54.5 Å². The number of rotatable bonds is 11. The molecule has 0 amide bonds. The number of benzene rings is 3. The van der Waals surface area contributed by atoms with E-state index in [-0.39, 0.29) is 30.0 Å². The van der Waals surface area contributed by atoms with Gasteiger partial charge in [-0.05, 0) is 61.4 Å². The molecule has 4 aromatic rings. The Labute approximate surface area is 267 Å². The molecule has 12 heteroatoms. The van der Waals surface area contributed by atoms with E-state index in [0.717, 1.165) is 12.0 Å². The van der Waals surface area contributed by atoms with Crippen molar-refractivity contribution in [1.82, 2.24) is 4.57 Å². The fraction of sp³-hybridized carbons (Fsp3) is 0.242. The molecule has 1 atom stereocenters. The number of aromatic nitrogens is 1. The van der Waals surface area contributed by atoms with Crippen molar-refractivity contribution in [3.05, 3.63) is 130 Å². The number of para-hydroxylation sites is 1. The van der Waals surface area contributed by atoms with E-state index in [0.29, 0.717) is 49.1 Å². The maximum Gasteiger partial charge on any atom is 0.338 e. The number of esters is 1. The lowest BCUT2D eigenvalue weighted by Crippen LogP contribution is -2.40. The number of nitrogens with zero attached hydrogens (tertiary/aromatic N) is 3. The van der Waals surface area contributed by atoms with Crippen molar-refractivity contribution in [1.29, 1.82) is 0 Å². The summed E-state index contributed by atoms with van der Waals surface area (Å²) in [6.45, 7) is 4.04. The first kappa shape index (κ1) is 31.7. The van der Waals surface area contributed by atoms with Gasteiger partial charge in [-0.3, -0.25) is 19.5 Å². The van der Waals surface area contributed by atoms with Crippen molar-refractivity contribution in [2.75, 3.05) is 13.7 Å². The van der Waals surface area contributed by atoms with Crippen LogP contribution in [0, 0.1) is 10.1 Å². The van der Waals surface area contributed by atoms with Crippen molar-refractivity contribution < 1.29 is 23.9 Å². The highest BCUT2D eigenvalue weighted by Gasteiger charge is 2.36. The van der Waals surface area contributed by atoms with Crippen molar-refractivity contribution >= 4 is 40.7 Å². The lowest BCUT2D eigenvalue weighted by atomic mass is 9.93. The number of nitro groups is 1. The number of carbonyl (C=O) groups excluding carboxylic acids is 1. The van der Waals surface area contributed by atoms with Gasteiger partial charge >= 0.3 is 5.97 Å². The minimum atomic E-state index is -0.883. The standard InChI is InChI=1S/C33H30ClN3O7S/c1-4-8-25-29(32(39)43-5-2)30(24-18-22(34)13-16-27(24)42-3)36-31(38)28(45-33(36)35-25)17-21-9-6-7-10-26(21)44-19-20-11-14-23(15-12-20)37(40)41/h6-7,9-18,30H,4-5,8,19H2,1-3H3/b28-17+/t30-/m0/s1. The van der Waals surface area contributed by atoms with Crippen LogP contribution in [0.3, 0.4) is 0 Å². The van der Waals surface area contributed by atoms with Gasteiger partial charge in [-0.25, -0.2) is 9.79 Å². The van der Waals surface area contributed by atoms with Gasteiger partial charge in [0.15, 0.2) is 4.80 Å². The van der Waals surface area contributed by atoms with Gasteiger partial charge in [-0.2, -0.15) is 0 Å². The molecule has 0 fully saturated rings. The molecule has 0 saturated heterocycles. The Morgan fingerprint density at radius 2 is 1.87 bits per heavy atom. The molecule has 1 aliphatic rings. The molecule has 0 spiro atoms. The average Bonchev–Trinajstić information content (AvgIpc) is 3.34. The number of carbonyl (C=O) groups is 1. The maximum atomic E-state index is 14.2. The van der Waals surface area contributed by atoms with Gasteiger partial charge in [0.1, 0.15) is 24.1 Å². The van der Waals surface area contributed by atoms with Crippen LogP contribution in [0.15, 0.2) is 87.8 Å². The Morgan fingerprint density at radius 1 is 1.11 bits per heavy atom. The molecule has 5 rings (SSSR count). The fourth-order valence-electron chi connectivity index (χ4n) is 5.08. The molecular formula is C33H30ClN3O7S. The molecule has 0 saturated carbocycles. The first-order valence-electron chi connectivity index (χ1n) is 14.3. The molecule has 0 bridgehead atoms. The number of hydrogen-bond donors (Lipinski definition) is 0.